The van der Waals surface area contributed by atoms with Crippen LogP contribution in [0.25, 0.3) is 0 Å². The maximum absolute atomic E-state index is 14.0. The number of halogens is 2. The molecule has 0 spiro atoms. The SMILES string of the molecule is O=C1C2CCCCC2C(=O)N1CCC(=O)N(Cc1ccc(F)cc1F)C1CC1. The topological polar surface area (TPSA) is 57.7 Å². The first-order chi connectivity index (χ1) is 13.5. The summed E-state index contributed by atoms with van der Waals surface area (Å²) in [4.78, 5) is 40.7. The third-order valence-corrected chi connectivity index (χ3v) is 6.15. The number of carbonyl (C=O) groups is 3. The minimum Gasteiger partial charge on any atom is -0.335 e. The molecule has 0 N–H and O–H groups in total. The Morgan fingerprint density at radius 2 is 1.68 bits per heavy atom. The molecule has 5 nitrogen and oxygen atoms in total. The number of imide groups is 1. The van der Waals surface area contributed by atoms with E-state index in [1.807, 2.05) is 0 Å². The summed E-state index contributed by atoms with van der Waals surface area (Å²) in [6, 6.07) is 3.39. The average molecular weight is 390 g/mol. The predicted octanol–water partition coefficient (Wildman–Crippen LogP) is 3.02. The average Bonchev–Trinajstić information content (AvgIpc) is 3.48. The van der Waals surface area contributed by atoms with Gasteiger partial charge in [-0.25, -0.2) is 8.78 Å². The number of nitrogens with zero attached hydrogens (tertiary/aromatic N) is 2. The smallest absolute Gasteiger partial charge is 0.233 e. The van der Waals surface area contributed by atoms with Gasteiger partial charge in [0.2, 0.25) is 17.7 Å². The molecule has 28 heavy (non-hydrogen) atoms. The summed E-state index contributed by atoms with van der Waals surface area (Å²) in [5.74, 6) is -2.27. The second-order valence-electron chi connectivity index (χ2n) is 8.06. The van der Waals surface area contributed by atoms with E-state index in [0.29, 0.717) is 0 Å². The summed E-state index contributed by atoms with van der Waals surface area (Å²) in [7, 11) is 0. The molecule has 0 aromatic heterocycles. The minimum absolute atomic E-state index is 0.0379. The molecular formula is C21H24F2N2O3. The van der Waals surface area contributed by atoms with E-state index < -0.39 is 11.6 Å². The largest absolute Gasteiger partial charge is 0.335 e. The zero-order chi connectivity index (χ0) is 19.8. The van der Waals surface area contributed by atoms with Gasteiger partial charge in [-0.1, -0.05) is 18.9 Å². The molecule has 0 radical (unpaired) electrons. The Morgan fingerprint density at radius 1 is 1.04 bits per heavy atom. The lowest BCUT2D eigenvalue weighted by Crippen LogP contribution is -2.38. The number of hydrogen-bond acceptors (Lipinski definition) is 3. The van der Waals surface area contributed by atoms with Gasteiger partial charge in [-0.2, -0.15) is 0 Å². The molecule has 3 fully saturated rings. The van der Waals surface area contributed by atoms with Crippen LogP contribution in [0.1, 0.15) is 50.5 Å². The molecule has 1 aromatic rings. The lowest BCUT2D eigenvalue weighted by atomic mass is 9.81. The van der Waals surface area contributed by atoms with Gasteiger partial charge in [0.05, 0.1) is 11.8 Å². The van der Waals surface area contributed by atoms with Gasteiger partial charge in [0.25, 0.3) is 0 Å². The van der Waals surface area contributed by atoms with Crippen LogP contribution in [0.15, 0.2) is 18.2 Å². The summed E-state index contributed by atoms with van der Waals surface area (Å²) >= 11 is 0. The van der Waals surface area contributed by atoms with Crippen molar-refractivity contribution in [1.29, 1.82) is 0 Å². The van der Waals surface area contributed by atoms with Crippen molar-refractivity contribution in [2.75, 3.05) is 6.54 Å². The molecule has 2 atom stereocenters. The van der Waals surface area contributed by atoms with Crippen molar-refractivity contribution in [2.24, 2.45) is 11.8 Å². The summed E-state index contributed by atoms with van der Waals surface area (Å²) in [5.41, 5.74) is 0.265. The van der Waals surface area contributed by atoms with Gasteiger partial charge in [0, 0.05) is 37.2 Å². The highest BCUT2D eigenvalue weighted by Crippen LogP contribution is 2.38. The zero-order valence-electron chi connectivity index (χ0n) is 15.7. The number of benzene rings is 1. The summed E-state index contributed by atoms with van der Waals surface area (Å²) in [6.07, 6.45) is 5.16. The van der Waals surface area contributed by atoms with Gasteiger partial charge in [0.15, 0.2) is 0 Å². The third kappa shape index (κ3) is 3.66. The van der Waals surface area contributed by atoms with E-state index in [-0.39, 0.29) is 60.7 Å². The van der Waals surface area contributed by atoms with Crippen LogP contribution < -0.4 is 0 Å². The molecule has 3 amide bonds. The first-order valence-corrected chi connectivity index (χ1v) is 10.0. The standard InChI is InChI=1S/C21H24F2N2O3/c22-14-6-5-13(18(23)11-14)12-25(15-7-8-15)19(26)9-10-24-20(27)16-3-1-2-4-17(16)21(24)28/h5-6,11,15-17H,1-4,7-10,12H2. The zero-order valence-corrected chi connectivity index (χ0v) is 15.7. The van der Waals surface area contributed by atoms with Crippen LogP contribution in [0.4, 0.5) is 8.78 Å². The van der Waals surface area contributed by atoms with Gasteiger partial charge in [0.1, 0.15) is 11.6 Å². The predicted molar refractivity (Wildman–Crippen MR) is 96.7 cm³/mol. The van der Waals surface area contributed by atoms with Crippen LogP contribution in [0.2, 0.25) is 0 Å². The van der Waals surface area contributed by atoms with Gasteiger partial charge in [-0.3, -0.25) is 19.3 Å². The number of amides is 3. The highest BCUT2D eigenvalue weighted by molar-refractivity contribution is 6.05. The van der Waals surface area contributed by atoms with E-state index in [9.17, 15) is 23.2 Å². The van der Waals surface area contributed by atoms with Gasteiger partial charge < -0.3 is 4.90 Å². The first kappa shape index (κ1) is 19.0. The Hall–Kier alpha value is -2.31. The van der Waals surface area contributed by atoms with E-state index >= 15 is 0 Å². The Balaban J connectivity index is 1.40. The van der Waals surface area contributed by atoms with Crippen LogP contribution in [-0.4, -0.2) is 40.1 Å². The maximum Gasteiger partial charge on any atom is 0.233 e. The second kappa shape index (κ2) is 7.60. The Labute approximate surface area is 162 Å². The Bertz CT molecular complexity index is 785. The number of likely N-dealkylation sites (tertiary alicyclic amines) is 1. The number of rotatable bonds is 6. The fourth-order valence-corrected chi connectivity index (χ4v) is 4.44. The van der Waals surface area contributed by atoms with E-state index in [4.69, 9.17) is 0 Å². The molecule has 1 aliphatic heterocycles. The molecule has 1 heterocycles. The fourth-order valence-electron chi connectivity index (χ4n) is 4.44. The second-order valence-corrected chi connectivity index (χ2v) is 8.06. The first-order valence-electron chi connectivity index (χ1n) is 10.0. The highest BCUT2D eigenvalue weighted by Gasteiger charge is 2.48. The Kier molecular flexibility index (Phi) is 5.17. The molecule has 2 unspecified atom stereocenters. The lowest BCUT2D eigenvalue weighted by molar-refractivity contribution is -0.141. The summed E-state index contributed by atoms with van der Waals surface area (Å²) in [6.45, 7) is 0.154. The summed E-state index contributed by atoms with van der Waals surface area (Å²) in [5, 5.41) is 0. The molecule has 2 saturated carbocycles. The van der Waals surface area contributed by atoms with Crippen molar-refractivity contribution in [1.82, 2.24) is 9.80 Å². The van der Waals surface area contributed by atoms with Crippen LogP contribution in [0.3, 0.4) is 0 Å². The highest BCUT2D eigenvalue weighted by atomic mass is 19.1. The monoisotopic (exact) mass is 390 g/mol. The number of carbonyl (C=O) groups excluding carboxylic acids is 3. The van der Waals surface area contributed by atoms with Crippen LogP contribution in [0, 0.1) is 23.5 Å². The maximum atomic E-state index is 14.0. The van der Waals surface area contributed by atoms with E-state index in [1.165, 1.54) is 17.0 Å². The molecule has 7 heteroatoms. The van der Waals surface area contributed by atoms with Crippen molar-refractivity contribution in [3.05, 3.63) is 35.4 Å². The normalized spacial score (nSPS) is 24.4. The molecule has 4 rings (SSSR count). The van der Waals surface area contributed by atoms with E-state index in [0.717, 1.165) is 44.6 Å². The minimum atomic E-state index is -0.674. The molecule has 1 saturated heterocycles. The lowest BCUT2D eigenvalue weighted by Gasteiger charge is -2.24. The molecule has 0 bridgehead atoms. The van der Waals surface area contributed by atoms with Gasteiger partial charge in [-0.15, -0.1) is 0 Å². The van der Waals surface area contributed by atoms with E-state index in [2.05, 4.69) is 0 Å². The van der Waals surface area contributed by atoms with Crippen molar-refractivity contribution in [3.63, 3.8) is 0 Å². The molecular weight excluding hydrogens is 366 g/mol. The van der Waals surface area contributed by atoms with E-state index in [1.54, 1.807) is 4.90 Å². The van der Waals surface area contributed by atoms with Crippen molar-refractivity contribution >= 4 is 17.7 Å². The molecule has 2 aliphatic carbocycles. The Morgan fingerprint density at radius 3 is 2.25 bits per heavy atom. The number of fused-ring (bicyclic) bond motifs is 1. The summed E-state index contributed by atoms with van der Waals surface area (Å²) < 4.78 is 27.1. The van der Waals surface area contributed by atoms with Crippen LogP contribution >= 0.6 is 0 Å². The van der Waals surface area contributed by atoms with Crippen molar-refractivity contribution < 1.29 is 23.2 Å². The quantitative estimate of drug-likeness (QED) is 0.702. The fraction of sp³-hybridized carbons (Fsp3) is 0.571. The van der Waals surface area contributed by atoms with Crippen LogP contribution in [0.5, 0.6) is 0 Å². The molecule has 3 aliphatic rings. The van der Waals surface area contributed by atoms with Gasteiger partial charge >= 0.3 is 0 Å². The van der Waals surface area contributed by atoms with Gasteiger partial charge in [-0.05, 0) is 31.7 Å². The van der Waals surface area contributed by atoms with Crippen molar-refractivity contribution in [3.8, 4) is 0 Å². The van der Waals surface area contributed by atoms with Crippen LogP contribution in [-0.2, 0) is 20.9 Å². The third-order valence-electron chi connectivity index (χ3n) is 6.15. The van der Waals surface area contributed by atoms with Crippen molar-refractivity contribution in [2.45, 2.75) is 57.5 Å². The molecule has 1 aromatic carbocycles. The molecule has 150 valence electrons. The number of hydrogen-bond donors (Lipinski definition) is 0.